The van der Waals surface area contributed by atoms with E-state index in [-0.39, 0.29) is 0 Å². The Morgan fingerprint density at radius 2 is 1.74 bits per heavy atom. The van der Waals surface area contributed by atoms with Crippen molar-refractivity contribution in [3.8, 4) is 0 Å². The van der Waals surface area contributed by atoms with E-state index in [4.69, 9.17) is 9.97 Å². The number of para-hydroxylation sites is 2. The molecule has 4 heteroatoms. The van der Waals surface area contributed by atoms with Crippen LogP contribution in [0.3, 0.4) is 0 Å². The third-order valence-corrected chi connectivity index (χ3v) is 6.57. The SMILES string of the molecule is CC(C)=CC1C(CNc2nc(Nc3ccccc3C(C)C)c3ccccc3n2)C1(C)C. The van der Waals surface area contributed by atoms with Gasteiger partial charge in [-0.2, -0.15) is 4.98 Å². The second-order valence-corrected chi connectivity index (χ2v) is 9.86. The van der Waals surface area contributed by atoms with Gasteiger partial charge in [-0.25, -0.2) is 4.98 Å². The molecule has 1 aromatic heterocycles. The Morgan fingerprint density at radius 3 is 2.48 bits per heavy atom. The van der Waals surface area contributed by atoms with Gasteiger partial charge >= 0.3 is 0 Å². The fraction of sp³-hybridized carbons (Fsp3) is 0.407. The van der Waals surface area contributed by atoms with Crippen molar-refractivity contribution < 1.29 is 0 Å². The maximum absolute atomic E-state index is 4.88. The van der Waals surface area contributed by atoms with Crippen LogP contribution in [0.4, 0.5) is 17.5 Å². The number of aromatic nitrogens is 2. The highest BCUT2D eigenvalue weighted by Crippen LogP contribution is 2.59. The molecule has 2 unspecified atom stereocenters. The number of hydrogen-bond acceptors (Lipinski definition) is 4. The van der Waals surface area contributed by atoms with Crippen molar-refractivity contribution in [3.63, 3.8) is 0 Å². The van der Waals surface area contributed by atoms with Gasteiger partial charge in [0.05, 0.1) is 5.52 Å². The predicted octanol–water partition coefficient (Wildman–Crippen LogP) is 7.15. The fourth-order valence-electron chi connectivity index (χ4n) is 4.56. The predicted molar refractivity (Wildman–Crippen MR) is 132 cm³/mol. The fourth-order valence-corrected chi connectivity index (χ4v) is 4.56. The number of anilines is 3. The largest absolute Gasteiger partial charge is 0.354 e. The first-order valence-corrected chi connectivity index (χ1v) is 11.3. The monoisotopic (exact) mass is 414 g/mol. The molecule has 1 heterocycles. The zero-order valence-corrected chi connectivity index (χ0v) is 19.5. The first-order chi connectivity index (χ1) is 14.8. The molecule has 31 heavy (non-hydrogen) atoms. The van der Waals surface area contributed by atoms with Gasteiger partial charge in [-0.05, 0) is 60.8 Å². The summed E-state index contributed by atoms with van der Waals surface area (Å²) in [5, 5.41) is 8.15. The van der Waals surface area contributed by atoms with Gasteiger partial charge in [-0.3, -0.25) is 0 Å². The van der Waals surface area contributed by atoms with Crippen molar-refractivity contribution in [1.82, 2.24) is 9.97 Å². The summed E-state index contributed by atoms with van der Waals surface area (Å²) in [6.07, 6.45) is 2.41. The Hall–Kier alpha value is -2.88. The van der Waals surface area contributed by atoms with Crippen LogP contribution in [-0.4, -0.2) is 16.5 Å². The number of rotatable bonds is 7. The zero-order valence-electron chi connectivity index (χ0n) is 19.5. The van der Waals surface area contributed by atoms with Gasteiger partial charge in [-0.15, -0.1) is 0 Å². The summed E-state index contributed by atoms with van der Waals surface area (Å²) in [6, 6.07) is 16.6. The van der Waals surface area contributed by atoms with E-state index in [1.165, 1.54) is 11.1 Å². The minimum Gasteiger partial charge on any atom is -0.354 e. The smallest absolute Gasteiger partial charge is 0.225 e. The molecule has 0 aliphatic heterocycles. The maximum Gasteiger partial charge on any atom is 0.225 e. The topological polar surface area (TPSA) is 49.8 Å². The lowest BCUT2D eigenvalue weighted by molar-refractivity contribution is 0.560. The average Bonchev–Trinajstić information content (AvgIpc) is 3.24. The highest BCUT2D eigenvalue weighted by molar-refractivity contribution is 5.92. The molecule has 0 spiro atoms. The molecule has 1 aliphatic rings. The number of benzene rings is 2. The second kappa shape index (κ2) is 8.33. The molecule has 1 saturated carbocycles. The Labute approximate surface area is 186 Å². The molecule has 162 valence electrons. The van der Waals surface area contributed by atoms with Crippen LogP contribution in [0.1, 0.15) is 53.0 Å². The molecule has 2 N–H and O–H groups in total. The summed E-state index contributed by atoms with van der Waals surface area (Å²) < 4.78 is 0. The first kappa shape index (κ1) is 21.4. The minimum atomic E-state index is 0.318. The van der Waals surface area contributed by atoms with Crippen molar-refractivity contribution in [2.24, 2.45) is 17.3 Å². The Kier molecular flexibility index (Phi) is 5.74. The number of hydrogen-bond donors (Lipinski definition) is 2. The van der Waals surface area contributed by atoms with E-state index < -0.39 is 0 Å². The molecule has 2 atom stereocenters. The molecular formula is C27H34N4. The second-order valence-electron chi connectivity index (χ2n) is 9.86. The van der Waals surface area contributed by atoms with Crippen LogP contribution in [0.25, 0.3) is 10.9 Å². The van der Waals surface area contributed by atoms with Crippen LogP contribution in [0.2, 0.25) is 0 Å². The molecule has 0 bridgehead atoms. The molecule has 0 radical (unpaired) electrons. The van der Waals surface area contributed by atoms with Crippen LogP contribution < -0.4 is 10.6 Å². The molecule has 1 fully saturated rings. The van der Waals surface area contributed by atoms with Gasteiger partial charge in [0.1, 0.15) is 5.82 Å². The first-order valence-electron chi connectivity index (χ1n) is 11.3. The van der Waals surface area contributed by atoms with E-state index in [9.17, 15) is 0 Å². The lowest BCUT2D eigenvalue weighted by Crippen LogP contribution is -2.11. The maximum atomic E-state index is 4.88. The Morgan fingerprint density at radius 1 is 1.03 bits per heavy atom. The number of nitrogens with zero attached hydrogens (tertiary/aromatic N) is 2. The van der Waals surface area contributed by atoms with E-state index >= 15 is 0 Å². The summed E-state index contributed by atoms with van der Waals surface area (Å²) in [7, 11) is 0. The summed E-state index contributed by atoms with van der Waals surface area (Å²) >= 11 is 0. The van der Waals surface area contributed by atoms with E-state index in [0.29, 0.717) is 29.1 Å². The number of nitrogens with one attached hydrogen (secondary N) is 2. The molecule has 0 amide bonds. The minimum absolute atomic E-state index is 0.318. The highest BCUT2D eigenvalue weighted by atomic mass is 15.1. The van der Waals surface area contributed by atoms with Crippen molar-refractivity contribution >= 4 is 28.4 Å². The standard InChI is InChI=1S/C27H34N4/c1-17(2)15-21-22(27(21,5)6)16-28-26-30-24-14-10-8-12-20(24)25(31-26)29-23-13-9-7-11-19(23)18(3)4/h7-15,18,21-22H,16H2,1-6H3,(H2,28,29,30,31). The van der Waals surface area contributed by atoms with Crippen molar-refractivity contribution in [1.29, 1.82) is 0 Å². The normalized spacial score (nSPS) is 19.3. The summed E-state index contributed by atoms with van der Waals surface area (Å²) in [6.45, 7) is 14.4. The third kappa shape index (κ3) is 4.43. The van der Waals surface area contributed by atoms with Crippen LogP contribution >= 0.6 is 0 Å². The number of allylic oxidation sites excluding steroid dienone is 2. The molecule has 2 aromatic carbocycles. The zero-order chi connectivity index (χ0) is 22.2. The molecular weight excluding hydrogens is 380 g/mol. The number of fused-ring (bicyclic) bond motifs is 1. The average molecular weight is 415 g/mol. The van der Waals surface area contributed by atoms with E-state index in [1.807, 2.05) is 12.1 Å². The summed E-state index contributed by atoms with van der Waals surface area (Å²) in [4.78, 5) is 9.67. The summed E-state index contributed by atoms with van der Waals surface area (Å²) in [5.74, 6) is 3.16. The van der Waals surface area contributed by atoms with Crippen LogP contribution in [-0.2, 0) is 0 Å². The van der Waals surface area contributed by atoms with E-state index in [0.717, 1.165) is 29.0 Å². The molecule has 1 aliphatic carbocycles. The van der Waals surface area contributed by atoms with Crippen LogP contribution in [0.5, 0.6) is 0 Å². The summed E-state index contributed by atoms with van der Waals surface area (Å²) in [5.41, 5.74) is 5.03. The third-order valence-electron chi connectivity index (χ3n) is 6.57. The van der Waals surface area contributed by atoms with Gasteiger partial charge in [0.25, 0.3) is 0 Å². The van der Waals surface area contributed by atoms with Crippen molar-refractivity contribution in [2.75, 3.05) is 17.2 Å². The van der Waals surface area contributed by atoms with Gasteiger partial charge in [0.2, 0.25) is 5.95 Å². The van der Waals surface area contributed by atoms with Crippen LogP contribution in [0, 0.1) is 17.3 Å². The lowest BCUT2D eigenvalue weighted by Gasteiger charge is -2.16. The van der Waals surface area contributed by atoms with Gasteiger partial charge in [-0.1, -0.05) is 69.7 Å². The van der Waals surface area contributed by atoms with Gasteiger partial charge in [0, 0.05) is 17.6 Å². The molecule has 0 saturated heterocycles. The van der Waals surface area contributed by atoms with Gasteiger partial charge < -0.3 is 10.6 Å². The quantitative estimate of drug-likeness (QED) is 0.403. The van der Waals surface area contributed by atoms with E-state index in [1.54, 1.807) is 0 Å². The lowest BCUT2D eigenvalue weighted by atomic mass is 10.0. The molecule has 3 aromatic rings. The van der Waals surface area contributed by atoms with Crippen molar-refractivity contribution in [3.05, 3.63) is 65.7 Å². The Bertz CT molecular complexity index is 1110. The van der Waals surface area contributed by atoms with Crippen LogP contribution in [0.15, 0.2) is 60.2 Å². The molecule has 4 nitrogen and oxygen atoms in total. The molecule has 4 rings (SSSR count). The van der Waals surface area contributed by atoms with E-state index in [2.05, 4.69) is 94.7 Å². The highest BCUT2D eigenvalue weighted by Gasteiger charge is 2.55. The van der Waals surface area contributed by atoms with Gasteiger partial charge in [0.15, 0.2) is 0 Å². The Balaban J connectivity index is 1.61. The van der Waals surface area contributed by atoms with Crippen molar-refractivity contribution in [2.45, 2.75) is 47.5 Å².